The fourth-order valence-electron chi connectivity index (χ4n) is 2.49. The SMILES string of the molecule is COC=C[C@@H]1CN(C(=O)OCc2ccccc2)c2ccccc2O1. The molecule has 0 fully saturated rings. The quantitative estimate of drug-likeness (QED) is 0.803. The molecular weight excluding hydrogens is 306 g/mol. The monoisotopic (exact) mass is 325 g/mol. The molecule has 24 heavy (non-hydrogen) atoms. The van der Waals surface area contributed by atoms with Crippen LogP contribution in [0.4, 0.5) is 10.5 Å². The molecule has 0 unspecified atom stereocenters. The van der Waals surface area contributed by atoms with E-state index in [9.17, 15) is 4.79 Å². The number of ether oxygens (including phenoxy) is 3. The zero-order valence-corrected chi connectivity index (χ0v) is 13.4. The molecule has 1 aliphatic heterocycles. The first-order valence-corrected chi connectivity index (χ1v) is 7.71. The first-order valence-electron chi connectivity index (χ1n) is 7.71. The number of benzene rings is 2. The summed E-state index contributed by atoms with van der Waals surface area (Å²) in [6.07, 6.45) is 2.63. The predicted octanol–water partition coefficient (Wildman–Crippen LogP) is 3.75. The van der Waals surface area contributed by atoms with Crippen LogP contribution in [-0.4, -0.2) is 25.9 Å². The molecule has 124 valence electrons. The average Bonchev–Trinajstić information content (AvgIpc) is 2.64. The van der Waals surface area contributed by atoms with Crippen LogP contribution in [0.1, 0.15) is 5.56 Å². The maximum Gasteiger partial charge on any atom is 0.414 e. The minimum absolute atomic E-state index is 0.234. The van der Waals surface area contributed by atoms with Gasteiger partial charge in [-0.3, -0.25) is 4.90 Å². The zero-order valence-electron chi connectivity index (χ0n) is 13.4. The van der Waals surface area contributed by atoms with Crippen molar-refractivity contribution in [2.45, 2.75) is 12.7 Å². The first-order chi connectivity index (χ1) is 11.8. The van der Waals surface area contributed by atoms with Gasteiger partial charge in [0.1, 0.15) is 18.5 Å². The number of methoxy groups -OCH3 is 1. The molecule has 1 heterocycles. The third kappa shape index (κ3) is 3.68. The topological polar surface area (TPSA) is 48.0 Å². The molecule has 0 aromatic heterocycles. The normalized spacial score (nSPS) is 16.4. The van der Waals surface area contributed by atoms with Gasteiger partial charge in [-0.15, -0.1) is 0 Å². The Labute approximate surface area is 141 Å². The molecule has 0 spiro atoms. The maximum absolute atomic E-state index is 12.5. The number of nitrogens with zero attached hydrogens (tertiary/aromatic N) is 1. The summed E-state index contributed by atoms with van der Waals surface area (Å²) in [5.41, 5.74) is 1.65. The van der Waals surface area contributed by atoms with Gasteiger partial charge in [-0.2, -0.15) is 0 Å². The highest BCUT2D eigenvalue weighted by Crippen LogP contribution is 2.33. The molecule has 1 amide bonds. The standard InChI is InChI=1S/C19H19NO4/c1-22-12-11-16-13-20(17-9-5-6-10-18(17)24-16)19(21)23-14-15-7-3-2-4-8-15/h2-12,16H,13-14H2,1H3/t16-/m1/s1. The van der Waals surface area contributed by atoms with E-state index >= 15 is 0 Å². The van der Waals surface area contributed by atoms with Crippen LogP contribution in [0.2, 0.25) is 0 Å². The van der Waals surface area contributed by atoms with Gasteiger partial charge in [0.05, 0.1) is 25.6 Å². The summed E-state index contributed by atoms with van der Waals surface area (Å²) in [5, 5.41) is 0. The predicted molar refractivity (Wildman–Crippen MR) is 91.0 cm³/mol. The van der Waals surface area contributed by atoms with Gasteiger partial charge in [0.2, 0.25) is 0 Å². The van der Waals surface area contributed by atoms with Crippen molar-refractivity contribution in [2.24, 2.45) is 0 Å². The molecule has 1 atom stereocenters. The van der Waals surface area contributed by atoms with E-state index in [1.807, 2.05) is 54.6 Å². The Bertz CT molecular complexity index is 714. The van der Waals surface area contributed by atoms with E-state index in [-0.39, 0.29) is 12.7 Å². The number of rotatable bonds is 4. The summed E-state index contributed by atoms with van der Waals surface area (Å²) in [6.45, 7) is 0.599. The fraction of sp³-hybridized carbons (Fsp3) is 0.211. The van der Waals surface area contributed by atoms with Crippen molar-refractivity contribution in [3.05, 3.63) is 72.5 Å². The number of para-hydroxylation sites is 2. The van der Waals surface area contributed by atoms with Crippen molar-refractivity contribution in [3.63, 3.8) is 0 Å². The summed E-state index contributed by atoms with van der Waals surface area (Å²) in [6, 6.07) is 17.0. The van der Waals surface area contributed by atoms with Gasteiger partial charge in [0.15, 0.2) is 0 Å². The van der Waals surface area contributed by atoms with Crippen LogP contribution < -0.4 is 9.64 Å². The number of carbonyl (C=O) groups excluding carboxylic acids is 1. The second-order valence-corrected chi connectivity index (χ2v) is 5.34. The molecule has 5 heteroatoms. The van der Waals surface area contributed by atoms with E-state index in [1.165, 1.54) is 0 Å². The molecule has 2 aromatic carbocycles. The molecule has 0 saturated heterocycles. The second-order valence-electron chi connectivity index (χ2n) is 5.34. The molecule has 2 aromatic rings. The first kappa shape index (κ1) is 15.9. The Morgan fingerprint density at radius 3 is 2.75 bits per heavy atom. The third-order valence-electron chi connectivity index (χ3n) is 3.65. The average molecular weight is 325 g/mol. The highest BCUT2D eigenvalue weighted by Gasteiger charge is 2.29. The van der Waals surface area contributed by atoms with Crippen molar-refractivity contribution in [2.75, 3.05) is 18.6 Å². The van der Waals surface area contributed by atoms with Gasteiger partial charge in [-0.1, -0.05) is 42.5 Å². The van der Waals surface area contributed by atoms with Crippen LogP contribution in [0.15, 0.2) is 66.9 Å². The lowest BCUT2D eigenvalue weighted by Crippen LogP contribution is -2.43. The Hall–Kier alpha value is -2.95. The summed E-state index contributed by atoms with van der Waals surface area (Å²) < 4.78 is 16.3. The Morgan fingerprint density at radius 2 is 1.96 bits per heavy atom. The van der Waals surface area contributed by atoms with Gasteiger partial charge in [0, 0.05) is 0 Å². The van der Waals surface area contributed by atoms with Gasteiger partial charge in [-0.25, -0.2) is 4.79 Å². The van der Waals surface area contributed by atoms with E-state index in [1.54, 1.807) is 24.3 Å². The summed E-state index contributed by atoms with van der Waals surface area (Å²) in [7, 11) is 1.57. The highest BCUT2D eigenvalue weighted by atomic mass is 16.6. The number of hydrogen-bond acceptors (Lipinski definition) is 4. The number of fused-ring (bicyclic) bond motifs is 1. The molecule has 5 nitrogen and oxygen atoms in total. The molecule has 3 rings (SSSR count). The van der Waals surface area contributed by atoms with Crippen molar-refractivity contribution in [1.82, 2.24) is 0 Å². The molecule has 0 bridgehead atoms. The minimum Gasteiger partial charge on any atom is -0.505 e. The zero-order chi connectivity index (χ0) is 16.8. The van der Waals surface area contributed by atoms with Crippen LogP contribution in [0.3, 0.4) is 0 Å². The largest absolute Gasteiger partial charge is 0.505 e. The van der Waals surface area contributed by atoms with E-state index in [4.69, 9.17) is 14.2 Å². The molecule has 0 aliphatic carbocycles. The summed E-state index contributed by atoms with van der Waals surface area (Å²) >= 11 is 0. The lowest BCUT2D eigenvalue weighted by molar-refractivity contribution is 0.140. The molecule has 0 N–H and O–H groups in total. The maximum atomic E-state index is 12.5. The Morgan fingerprint density at radius 1 is 1.21 bits per heavy atom. The van der Waals surface area contributed by atoms with Gasteiger partial charge >= 0.3 is 6.09 Å². The van der Waals surface area contributed by atoms with Crippen LogP contribution >= 0.6 is 0 Å². The van der Waals surface area contributed by atoms with Crippen LogP contribution in [0, 0.1) is 0 Å². The lowest BCUT2D eigenvalue weighted by atomic mass is 10.2. The minimum atomic E-state index is -0.398. The van der Waals surface area contributed by atoms with Crippen molar-refractivity contribution in [1.29, 1.82) is 0 Å². The third-order valence-corrected chi connectivity index (χ3v) is 3.65. The summed E-state index contributed by atoms with van der Waals surface area (Å²) in [5.74, 6) is 0.645. The number of anilines is 1. The lowest BCUT2D eigenvalue weighted by Gasteiger charge is -2.32. The van der Waals surface area contributed by atoms with Crippen molar-refractivity contribution in [3.8, 4) is 5.75 Å². The van der Waals surface area contributed by atoms with Gasteiger partial charge in [-0.05, 0) is 23.8 Å². The van der Waals surface area contributed by atoms with Gasteiger partial charge < -0.3 is 14.2 Å². The molecule has 1 aliphatic rings. The van der Waals surface area contributed by atoms with Crippen LogP contribution in [0.25, 0.3) is 0 Å². The summed E-state index contributed by atoms with van der Waals surface area (Å²) in [4.78, 5) is 14.1. The van der Waals surface area contributed by atoms with Gasteiger partial charge in [0.25, 0.3) is 0 Å². The molecular formula is C19H19NO4. The van der Waals surface area contributed by atoms with E-state index in [0.717, 1.165) is 5.56 Å². The Balaban J connectivity index is 1.74. The van der Waals surface area contributed by atoms with Crippen LogP contribution in [0.5, 0.6) is 5.75 Å². The van der Waals surface area contributed by atoms with Crippen LogP contribution in [-0.2, 0) is 16.1 Å². The molecule has 0 radical (unpaired) electrons. The van der Waals surface area contributed by atoms with E-state index in [0.29, 0.717) is 18.0 Å². The fourth-order valence-corrected chi connectivity index (χ4v) is 2.49. The smallest absolute Gasteiger partial charge is 0.414 e. The van der Waals surface area contributed by atoms with Crippen molar-refractivity contribution >= 4 is 11.8 Å². The number of carbonyl (C=O) groups is 1. The highest BCUT2D eigenvalue weighted by molar-refractivity contribution is 5.90. The Kier molecular flexibility index (Phi) is 5.01. The second kappa shape index (κ2) is 7.55. The number of amides is 1. The van der Waals surface area contributed by atoms with E-state index in [2.05, 4.69) is 0 Å². The molecule has 0 saturated carbocycles. The van der Waals surface area contributed by atoms with E-state index < -0.39 is 6.09 Å². The van der Waals surface area contributed by atoms with Crippen molar-refractivity contribution < 1.29 is 19.0 Å². The number of hydrogen-bond donors (Lipinski definition) is 0.